The largest absolute Gasteiger partial charge is 0.380 e. The minimum atomic E-state index is -0.0429. The molecule has 0 radical (unpaired) electrons. The number of halogens is 1. The van der Waals surface area contributed by atoms with Gasteiger partial charge in [-0.3, -0.25) is 4.79 Å². The Hall–Kier alpha value is -1.02. The van der Waals surface area contributed by atoms with E-state index in [9.17, 15) is 4.79 Å². The topological polar surface area (TPSA) is 29.1 Å². The number of nitrogens with one attached hydrogen (secondary N) is 1. The van der Waals surface area contributed by atoms with E-state index in [1.165, 1.54) is 6.92 Å². The van der Waals surface area contributed by atoms with Crippen LogP contribution in [0.5, 0.6) is 0 Å². The number of anilines is 1. The molecule has 1 aromatic carbocycles. The van der Waals surface area contributed by atoms with Crippen LogP contribution in [0.2, 0.25) is 5.02 Å². The van der Waals surface area contributed by atoms with Crippen molar-refractivity contribution in [2.75, 3.05) is 5.32 Å². The van der Waals surface area contributed by atoms with Gasteiger partial charge >= 0.3 is 0 Å². The fourth-order valence-corrected chi connectivity index (χ4v) is 1.53. The predicted molar refractivity (Wildman–Crippen MR) is 64.8 cm³/mol. The molecule has 0 bridgehead atoms. The molecule has 1 aromatic rings. The third-order valence-electron chi connectivity index (χ3n) is 1.82. The number of Topliss-reactive ketones (excluding diaryl/α,β-unsaturated/α-hetero) is 1. The lowest BCUT2D eigenvalue weighted by Gasteiger charge is -2.22. The normalized spacial score (nSPS) is 11.3. The van der Waals surface area contributed by atoms with E-state index < -0.39 is 0 Å². The van der Waals surface area contributed by atoms with Crippen LogP contribution in [0.3, 0.4) is 0 Å². The van der Waals surface area contributed by atoms with E-state index in [2.05, 4.69) is 26.1 Å². The second-order valence-corrected chi connectivity index (χ2v) is 5.10. The van der Waals surface area contributed by atoms with Crippen LogP contribution >= 0.6 is 11.6 Å². The van der Waals surface area contributed by atoms with Crippen molar-refractivity contribution in [2.24, 2.45) is 0 Å². The lowest BCUT2D eigenvalue weighted by atomic mass is 10.1. The van der Waals surface area contributed by atoms with Gasteiger partial charge in [-0.1, -0.05) is 11.6 Å². The quantitative estimate of drug-likeness (QED) is 0.777. The molecule has 0 aliphatic carbocycles. The Morgan fingerprint density at radius 1 is 1.27 bits per heavy atom. The molecule has 2 nitrogen and oxygen atoms in total. The van der Waals surface area contributed by atoms with Gasteiger partial charge < -0.3 is 5.32 Å². The van der Waals surface area contributed by atoms with Crippen LogP contribution < -0.4 is 5.32 Å². The summed E-state index contributed by atoms with van der Waals surface area (Å²) in [6.45, 7) is 7.70. The average Bonchev–Trinajstić information content (AvgIpc) is 1.99. The molecule has 0 heterocycles. The van der Waals surface area contributed by atoms with E-state index in [4.69, 9.17) is 11.6 Å². The summed E-state index contributed by atoms with van der Waals surface area (Å²) in [5, 5.41) is 3.86. The van der Waals surface area contributed by atoms with Crippen molar-refractivity contribution in [3.8, 4) is 0 Å². The standard InChI is InChI=1S/C12H16ClNO/c1-8(15)9-5-10(13)7-11(6-9)14-12(2,3)4/h5-7,14H,1-4H3. The summed E-state index contributed by atoms with van der Waals surface area (Å²) in [7, 11) is 0. The number of ketones is 1. The molecule has 0 saturated carbocycles. The van der Waals surface area contributed by atoms with E-state index in [1.807, 2.05) is 12.1 Å². The number of hydrogen-bond donors (Lipinski definition) is 1. The molecule has 1 N–H and O–H groups in total. The smallest absolute Gasteiger partial charge is 0.159 e. The number of carbonyl (C=O) groups excluding carboxylic acids is 1. The van der Waals surface area contributed by atoms with Crippen LogP contribution in [-0.2, 0) is 0 Å². The van der Waals surface area contributed by atoms with Crippen LogP contribution in [0.25, 0.3) is 0 Å². The zero-order valence-electron chi connectivity index (χ0n) is 9.52. The van der Waals surface area contributed by atoms with Crippen molar-refractivity contribution in [3.05, 3.63) is 28.8 Å². The Labute approximate surface area is 95.6 Å². The zero-order valence-corrected chi connectivity index (χ0v) is 10.3. The molecule has 15 heavy (non-hydrogen) atoms. The summed E-state index contributed by atoms with van der Waals surface area (Å²) in [5.74, 6) is 0.0226. The maximum Gasteiger partial charge on any atom is 0.159 e. The lowest BCUT2D eigenvalue weighted by Crippen LogP contribution is -2.26. The number of carbonyl (C=O) groups is 1. The van der Waals surface area contributed by atoms with E-state index in [0.717, 1.165) is 5.69 Å². The van der Waals surface area contributed by atoms with Gasteiger partial charge in [-0.2, -0.15) is 0 Å². The molecule has 82 valence electrons. The number of hydrogen-bond acceptors (Lipinski definition) is 2. The van der Waals surface area contributed by atoms with Gasteiger partial charge in [0.2, 0.25) is 0 Å². The zero-order chi connectivity index (χ0) is 11.6. The van der Waals surface area contributed by atoms with Crippen LogP contribution in [0, 0.1) is 0 Å². The third kappa shape index (κ3) is 3.92. The first-order chi connectivity index (χ1) is 6.78. The second-order valence-electron chi connectivity index (χ2n) is 4.66. The van der Waals surface area contributed by atoms with Crippen molar-refractivity contribution in [1.29, 1.82) is 0 Å². The molecule has 0 unspecified atom stereocenters. The van der Waals surface area contributed by atoms with Crippen molar-refractivity contribution < 1.29 is 4.79 Å². The molecule has 0 fully saturated rings. The SMILES string of the molecule is CC(=O)c1cc(Cl)cc(NC(C)(C)C)c1. The third-order valence-corrected chi connectivity index (χ3v) is 2.04. The highest BCUT2D eigenvalue weighted by Gasteiger charge is 2.11. The van der Waals surface area contributed by atoms with Gasteiger partial charge in [-0.05, 0) is 45.9 Å². The van der Waals surface area contributed by atoms with Crippen molar-refractivity contribution in [3.63, 3.8) is 0 Å². The maximum atomic E-state index is 11.2. The molecule has 3 heteroatoms. The number of rotatable bonds is 2. The highest BCUT2D eigenvalue weighted by Crippen LogP contribution is 2.22. The van der Waals surface area contributed by atoms with Crippen LogP contribution in [0.15, 0.2) is 18.2 Å². The number of benzene rings is 1. The van der Waals surface area contributed by atoms with Gasteiger partial charge in [0, 0.05) is 21.8 Å². The molecule has 1 rings (SSSR count). The van der Waals surface area contributed by atoms with Gasteiger partial charge in [0.15, 0.2) is 5.78 Å². The molecule has 0 amide bonds. The Bertz CT molecular complexity index is 380. The highest BCUT2D eigenvalue weighted by molar-refractivity contribution is 6.31. The van der Waals surface area contributed by atoms with E-state index in [0.29, 0.717) is 10.6 Å². The van der Waals surface area contributed by atoms with E-state index in [1.54, 1.807) is 6.07 Å². The van der Waals surface area contributed by atoms with Gasteiger partial charge in [-0.25, -0.2) is 0 Å². The molecule has 0 atom stereocenters. The summed E-state index contributed by atoms with van der Waals surface area (Å²) in [5.41, 5.74) is 1.47. The summed E-state index contributed by atoms with van der Waals surface area (Å²) in [6, 6.07) is 5.32. The molecule has 0 saturated heterocycles. The van der Waals surface area contributed by atoms with Gasteiger partial charge in [0.25, 0.3) is 0 Å². The summed E-state index contributed by atoms with van der Waals surface area (Å²) >= 11 is 5.93. The summed E-state index contributed by atoms with van der Waals surface area (Å²) in [4.78, 5) is 11.2. The Balaban J connectivity index is 3.04. The fraction of sp³-hybridized carbons (Fsp3) is 0.417. The second kappa shape index (κ2) is 4.23. The molecular weight excluding hydrogens is 210 g/mol. The first-order valence-electron chi connectivity index (χ1n) is 4.88. The van der Waals surface area contributed by atoms with Gasteiger partial charge in [0.05, 0.1) is 0 Å². The fourth-order valence-electron chi connectivity index (χ4n) is 1.30. The van der Waals surface area contributed by atoms with Crippen molar-refractivity contribution in [2.45, 2.75) is 33.2 Å². The summed E-state index contributed by atoms with van der Waals surface area (Å²) < 4.78 is 0. The van der Waals surface area contributed by atoms with Gasteiger partial charge in [0.1, 0.15) is 0 Å². The Kier molecular flexibility index (Phi) is 3.40. The predicted octanol–water partition coefficient (Wildman–Crippen LogP) is 3.75. The minimum Gasteiger partial charge on any atom is -0.380 e. The average molecular weight is 226 g/mol. The molecule has 0 aromatic heterocycles. The first-order valence-corrected chi connectivity index (χ1v) is 5.25. The van der Waals surface area contributed by atoms with Crippen LogP contribution in [0.1, 0.15) is 38.1 Å². The summed E-state index contributed by atoms with van der Waals surface area (Å²) in [6.07, 6.45) is 0. The van der Waals surface area contributed by atoms with Gasteiger partial charge in [-0.15, -0.1) is 0 Å². The van der Waals surface area contributed by atoms with E-state index >= 15 is 0 Å². The molecular formula is C12H16ClNO. The lowest BCUT2D eigenvalue weighted by molar-refractivity contribution is 0.101. The molecule has 0 spiro atoms. The van der Waals surface area contributed by atoms with Crippen molar-refractivity contribution >= 4 is 23.1 Å². The molecule has 0 aliphatic rings. The van der Waals surface area contributed by atoms with Crippen LogP contribution in [-0.4, -0.2) is 11.3 Å². The van der Waals surface area contributed by atoms with E-state index in [-0.39, 0.29) is 11.3 Å². The first kappa shape index (κ1) is 12.1. The maximum absolute atomic E-state index is 11.2. The highest BCUT2D eigenvalue weighted by atomic mass is 35.5. The van der Waals surface area contributed by atoms with Crippen molar-refractivity contribution in [1.82, 2.24) is 0 Å². The Morgan fingerprint density at radius 3 is 2.33 bits per heavy atom. The van der Waals surface area contributed by atoms with Crippen LogP contribution in [0.4, 0.5) is 5.69 Å². The monoisotopic (exact) mass is 225 g/mol. The molecule has 0 aliphatic heterocycles. The Morgan fingerprint density at radius 2 is 1.87 bits per heavy atom. The minimum absolute atomic E-state index is 0.0226.